The van der Waals surface area contributed by atoms with Crippen LogP contribution in [0.4, 0.5) is 11.5 Å². The Balaban J connectivity index is 1.78. The third-order valence-electron chi connectivity index (χ3n) is 6.26. The minimum absolute atomic E-state index is 0.173. The molecule has 2 aromatic heterocycles. The summed E-state index contributed by atoms with van der Waals surface area (Å²) in [5.74, 6) is -0.136. The lowest BCUT2D eigenvalue weighted by Gasteiger charge is -2.39. The first-order chi connectivity index (χ1) is 14.1. The van der Waals surface area contributed by atoms with Gasteiger partial charge >= 0.3 is 5.97 Å². The number of aromatic carboxylic acids is 1. The van der Waals surface area contributed by atoms with Crippen LogP contribution in [0.15, 0.2) is 42.6 Å². The fourth-order valence-corrected chi connectivity index (χ4v) is 6.09. The van der Waals surface area contributed by atoms with Crippen LogP contribution in [0.1, 0.15) is 66.9 Å². The van der Waals surface area contributed by atoms with Gasteiger partial charge in [0.2, 0.25) is 0 Å². The van der Waals surface area contributed by atoms with Crippen LogP contribution in [0.5, 0.6) is 0 Å². The number of pyridine rings is 1. The maximum absolute atomic E-state index is 11.1. The molecule has 0 aliphatic heterocycles. The van der Waals surface area contributed by atoms with Gasteiger partial charge in [0, 0.05) is 27.2 Å². The Kier molecular flexibility index (Phi) is 4.97. The molecule has 0 unspecified atom stereocenters. The molecule has 0 spiro atoms. The third kappa shape index (κ3) is 3.52. The van der Waals surface area contributed by atoms with Crippen LogP contribution in [0.2, 0.25) is 0 Å². The van der Waals surface area contributed by atoms with E-state index in [1.807, 2.05) is 17.4 Å². The van der Waals surface area contributed by atoms with Gasteiger partial charge < -0.3 is 10.4 Å². The molecule has 1 aromatic carbocycles. The van der Waals surface area contributed by atoms with Gasteiger partial charge in [0.25, 0.3) is 0 Å². The summed E-state index contributed by atoms with van der Waals surface area (Å²) in [6.07, 6.45) is 4.17. The standard InChI is InChI=1S/C25H28N2O2S/c1-15-19-21(25(4,5)13-12-24(19,2)3)30-20(15)18-7-6-14-26-22(18)27-17-10-8-16(9-11-17)23(28)29/h6-11,14H,12-13H2,1-5H3,(H,26,27)(H,28,29). The summed E-state index contributed by atoms with van der Waals surface area (Å²) in [5, 5.41) is 12.5. The first kappa shape index (κ1) is 20.6. The zero-order chi connectivity index (χ0) is 21.7. The number of benzene rings is 1. The van der Waals surface area contributed by atoms with E-state index >= 15 is 0 Å². The van der Waals surface area contributed by atoms with E-state index in [2.05, 4.69) is 51.0 Å². The van der Waals surface area contributed by atoms with Crippen LogP contribution in [0.25, 0.3) is 10.4 Å². The third-order valence-corrected chi connectivity index (χ3v) is 7.95. The number of thiophene rings is 1. The molecule has 2 heterocycles. The van der Waals surface area contributed by atoms with Crippen LogP contribution in [-0.2, 0) is 10.8 Å². The predicted octanol–water partition coefficient (Wildman–Crippen LogP) is 6.91. The lowest BCUT2D eigenvalue weighted by Crippen LogP contribution is -2.32. The molecule has 0 amide bonds. The number of fused-ring (bicyclic) bond motifs is 1. The number of nitrogens with one attached hydrogen (secondary N) is 1. The van der Waals surface area contributed by atoms with E-state index in [1.165, 1.54) is 33.7 Å². The fraction of sp³-hybridized carbons (Fsp3) is 0.360. The van der Waals surface area contributed by atoms with Gasteiger partial charge in [0.15, 0.2) is 0 Å². The number of hydrogen-bond donors (Lipinski definition) is 2. The van der Waals surface area contributed by atoms with Crippen molar-refractivity contribution in [1.29, 1.82) is 0 Å². The summed E-state index contributed by atoms with van der Waals surface area (Å²) >= 11 is 1.90. The van der Waals surface area contributed by atoms with Crippen molar-refractivity contribution in [2.45, 2.75) is 58.3 Å². The Labute approximate surface area is 182 Å². The van der Waals surface area contributed by atoms with E-state index in [0.29, 0.717) is 0 Å². The van der Waals surface area contributed by atoms with E-state index < -0.39 is 5.97 Å². The Morgan fingerprint density at radius 3 is 2.37 bits per heavy atom. The van der Waals surface area contributed by atoms with Crippen LogP contribution in [0, 0.1) is 6.92 Å². The molecule has 1 aliphatic carbocycles. The largest absolute Gasteiger partial charge is 0.478 e. The van der Waals surface area contributed by atoms with Gasteiger partial charge in [-0.1, -0.05) is 27.7 Å². The minimum Gasteiger partial charge on any atom is -0.478 e. The Hall–Kier alpha value is -2.66. The molecule has 0 atom stereocenters. The summed E-state index contributed by atoms with van der Waals surface area (Å²) in [6, 6.07) is 10.9. The first-order valence-corrected chi connectivity index (χ1v) is 11.1. The highest BCUT2D eigenvalue weighted by atomic mass is 32.1. The number of carbonyl (C=O) groups is 1. The van der Waals surface area contributed by atoms with E-state index in [4.69, 9.17) is 5.11 Å². The second-order valence-electron chi connectivity index (χ2n) is 9.44. The summed E-state index contributed by atoms with van der Waals surface area (Å²) < 4.78 is 0. The molecule has 4 rings (SSSR count). The lowest BCUT2D eigenvalue weighted by atomic mass is 9.66. The second kappa shape index (κ2) is 7.24. The number of carboxylic acids is 1. The molecule has 1 aliphatic rings. The molecule has 30 heavy (non-hydrogen) atoms. The van der Waals surface area contributed by atoms with Gasteiger partial charge in [0.05, 0.1) is 5.56 Å². The van der Waals surface area contributed by atoms with Gasteiger partial charge in [0.1, 0.15) is 5.82 Å². The minimum atomic E-state index is -0.926. The number of aromatic nitrogens is 1. The van der Waals surface area contributed by atoms with Crippen molar-refractivity contribution in [2.75, 3.05) is 5.32 Å². The highest BCUT2D eigenvalue weighted by molar-refractivity contribution is 7.16. The monoisotopic (exact) mass is 420 g/mol. The van der Waals surface area contributed by atoms with E-state index in [9.17, 15) is 4.79 Å². The summed E-state index contributed by atoms with van der Waals surface area (Å²) in [7, 11) is 0. The topological polar surface area (TPSA) is 62.2 Å². The molecule has 0 saturated heterocycles. The average molecular weight is 421 g/mol. The van der Waals surface area contributed by atoms with Crippen molar-refractivity contribution in [1.82, 2.24) is 4.98 Å². The number of anilines is 2. The van der Waals surface area contributed by atoms with Crippen molar-refractivity contribution in [3.63, 3.8) is 0 Å². The molecule has 3 aromatic rings. The van der Waals surface area contributed by atoms with Crippen molar-refractivity contribution in [3.8, 4) is 10.4 Å². The molecular formula is C25H28N2O2S. The van der Waals surface area contributed by atoms with Gasteiger partial charge in [-0.05, 0) is 78.1 Å². The Morgan fingerprint density at radius 2 is 1.73 bits per heavy atom. The predicted molar refractivity (Wildman–Crippen MR) is 124 cm³/mol. The van der Waals surface area contributed by atoms with Crippen molar-refractivity contribution >= 4 is 28.8 Å². The van der Waals surface area contributed by atoms with Gasteiger partial charge in [-0.15, -0.1) is 11.3 Å². The van der Waals surface area contributed by atoms with Gasteiger partial charge in [-0.25, -0.2) is 9.78 Å². The Morgan fingerprint density at radius 1 is 1.07 bits per heavy atom. The molecule has 0 radical (unpaired) electrons. The van der Waals surface area contributed by atoms with Crippen LogP contribution >= 0.6 is 11.3 Å². The summed E-state index contributed by atoms with van der Waals surface area (Å²) in [5.41, 5.74) is 5.38. The molecular weight excluding hydrogens is 392 g/mol. The van der Waals surface area contributed by atoms with Crippen molar-refractivity contribution < 1.29 is 9.90 Å². The maximum atomic E-state index is 11.1. The number of nitrogens with zero attached hydrogens (tertiary/aromatic N) is 1. The van der Waals surface area contributed by atoms with E-state index in [1.54, 1.807) is 30.5 Å². The molecule has 0 saturated carbocycles. The SMILES string of the molecule is Cc1c(-c2cccnc2Nc2ccc(C(=O)O)cc2)sc2c1C(C)(C)CCC2(C)C. The molecule has 4 nitrogen and oxygen atoms in total. The quantitative estimate of drug-likeness (QED) is 0.481. The zero-order valence-corrected chi connectivity index (χ0v) is 19.0. The van der Waals surface area contributed by atoms with Gasteiger partial charge in [-0.3, -0.25) is 0 Å². The van der Waals surface area contributed by atoms with Crippen LogP contribution in [0.3, 0.4) is 0 Å². The first-order valence-electron chi connectivity index (χ1n) is 10.3. The molecule has 0 bridgehead atoms. The van der Waals surface area contributed by atoms with E-state index in [0.717, 1.165) is 17.1 Å². The normalized spacial score (nSPS) is 16.7. The number of carboxylic acid groups (broad SMARTS) is 1. The highest BCUT2D eigenvalue weighted by Crippen LogP contribution is 2.54. The maximum Gasteiger partial charge on any atom is 0.335 e. The number of hydrogen-bond acceptors (Lipinski definition) is 4. The molecule has 5 heteroatoms. The Bertz CT molecular complexity index is 1110. The summed E-state index contributed by atoms with van der Waals surface area (Å²) in [6.45, 7) is 11.7. The highest BCUT2D eigenvalue weighted by Gasteiger charge is 2.41. The lowest BCUT2D eigenvalue weighted by molar-refractivity contribution is 0.0697. The van der Waals surface area contributed by atoms with Crippen LogP contribution < -0.4 is 5.32 Å². The second-order valence-corrected chi connectivity index (χ2v) is 10.5. The fourth-order valence-electron chi connectivity index (χ4n) is 4.45. The molecule has 156 valence electrons. The van der Waals surface area contributed by atoms with Crippen molar-refractivity contribution in [2.24, 2.45) is 0 Å². The molecule has 0 fully saturated rings. The zero-order valence-electron chi connectivity index (χ0n) is 18.2. The van der Waals surface area contributed by atoms with Crippen molar-refractivity contribution in [3.05, 3.63) is 64.2 Å². The van der Waals surface area contributed by atoms with Gasteiger partial charge in [-0.2, -0.15) is 0 Å². The average Bonchev–Trinajstić information content (AvgIpc) is 3.06. The molecule has 2 N–H and O–H groups in total. The summed E-state index contributed by atoms with van der Waals surface area (Å²) in [4.78, 5) is 18.5. The number of rotatable bonds is 4. The van der Waals surface area contributed by atoms with E-state index in [-0.39, 0.29) is 16.4 Å². The van der Waals surface area contributed by atoms with Crippen LogP contribution in [-0.4, -0.2) is 16.1 Å². The smallest absolute Gasteiger partial charge is 0.335 e.